The molecule has 0 radical (unpaired) electrons. The summed E-state index contributed by atoms with van der Waals surface area (Å²) in [5.41, 5.74) is 2.29. The molecule has 1 aromatic carbocycles. The Labute approximate surface area is 138 Å². The third-order valence-corrected chi connectivity index (χ3v) is 4.35. The minimum Gasteiger partial charge on any atom is -0.352 e. The molecule has 1 aliphatic rings. The summed E-state index contributed by atoms with van der Waals surface area (Å²) in [6, 6.07) is 5.39. The van der Waals surface area contributed by atoms with Crippen LogP contribution in [0.4, 0.5) is 5.69 Å². The molecule has 1 aliphatic heterocycles. The number of anilines is 1. The van der Waals surface area contributed by atoms with E-state index in [0.717, 1.165) is 24.3 Å². The number of amides is 2. The number of benzene rings is 1. The van der Waals surface area contributed by atoms with Gasteiger partial charge in [0, 0.05) is 23.7 Å². The van der Waals surface area contributed by atoms with Crippen molar-refractivity contribution >= 4 is 17.5 Å². The van der Waals surface area contributed by atoms with Gasteiger partial charge in [0.15, 0.2) is 0 Å². The number of carbonyl (C=O) groups excluding carboxylic acids is 2. The van der Waals surface area contributed by atoms with E-state index in [4.69, 9.17) is 0 Å². The van der Waals surface area contributed by atoms with E-state index in [1.807, 2.05) is 26.0 Å². The molecular formula is C18H27N3O2. The Morgan fingerprint density at radius 1 is 1.26 bits per heavy atom. The Morgan fingerprint density at radius 2 is 1.96 bits per heavy atom. The van der Waals surface area contributed by atoms with Crippen LogP contribution in [0.5, 0.6) is 0 Å². The highest BCUT2D eigenvalue weighted by Gasteiger charge is 2.28. The summed E-state index contributed by atoms with van der Waals surface area (Å²) in [5.74, 6) is 0.785. The second-order valence-corrected chi connectivity index (χ2v) is 6.83. The van der Waals surface area contributed by atoms with Crippen LogP contribution in [0.2, 0.25) is 0 Å². The molecule has 1 saturated heterocycles. The molecule has 0 aromatic heterocycles. The first-order valence-electron chi connectivity index (χ1n) is 8.29. The second-order valence-electron chi connectivity index (χ2n) is 6.83. The van der Waals surface area contributed by atoms with Crippen LogP contribution in [0, 0.1) is 24.7 Å². The molecule has 1 aromatic rings. The standard InChI is InChI=1S/C18H27N3O2/c1-11(2)8-20-18(23)14-5-6-16(12(3)7-14)21-17(22)13(4)15-9-19-10-15/h5-7,11,13,15,19H,8-10H2,1-4H3,(H,20,23)(H,21,22). The number of hydrogen-bond donors (Lipinski definition) is 3. The Balaban J connectivity index is 1.98. The molecule has 1 fully saturated rings. The van der Waals surface area contributed by atoms with Gasteiger partial charge < -0.3 is 16.0 Å². The molecule has 5 nitrogen and oxygen atoms in total. The van der Waals surface area contributed by atoms with Crippen molar-refractivity contribution in [3.8, 4) is 0 Å². The maximum absolute atomic E-state index is 12.3. The van der Waals surface area contributed by atoms with Gasteiger partial charge in [-0.15, -0.1) is 0 Å². The van der Waals surface area contributed by atoms with Gasteiger partial charge in [-0.3, -0.25) is 9.59 Å². The fraction of sp³-hybridized carbons (Fsp3) is 0.556. The molecule has 5 heteroatoms. The van der Waals surface area contributed by atoms with E-state index in [1.165, 1.54) is 0 Å². The zero-order valence-electron chi connectivity index (χ0n) is 14.4. The molecule has 1 atom stereocenters. The average molecular weight is 317 g/mol. The molecule has 2 rings (SSSR count). The lowest BCUT2D eigenvalue weighted by atomic mass is 9.88. The normalized spacial score (nSPS) is 15.9. The van der Waals surface area contributed by atoms with E-state index in [-0.39, 0.29) is 17.7 Å². The predicted molar refractivity (Wildman–Crippen MR) is 92.5 cm³/mol. The van der Waals surface area contributed by atoms with Crippen LogP contribution in [-0.2, 0) is 4.79 Å². The summed E-state index contributed by atoms with van der Waals surface area (Å²) in [6.45, 7) is 10.5. The van der Waals surface area contributed by atoms with Crippen molar-refractivity contribution in [1.82, 2.24) is 10.6 Å². The van der Waals surface area contributed by atoms with Gasteiger partial charge in [-0.25, -0.2) is 0 Å². The predicted octanol–water partition coefficient (Wildman–Crippen LogP) is 2.17. The van der Waals surface area contributed by atoms with E-state index < -0.39 is 0 Å². The van der Waals surface area contributed by atoms with Gasteiger partial charge >= 0.3 is 0 Å². The van der Waals surface area contributed by atoms with Crippen LogP contribution in [0.1, 0.15) is 36.7 Å². The van der Waals surface area contributed by atoms with E-state index >= 15 is 0 Å². The summed E-state index contributed by atoms with van der Waals surface area (Å²) in [5, 5.41) is 9.07. The monoisotopic (exact) mass is 317 g/mol. The van der Waals surface area contributed by atoms with Gasteiger partial charge in [-0.1, -0.05) is 20.8 Å². The SMILES string of the molecule is Cc1cc(C(=O)NCC(C)C)ccc1NC(=O)C(C)C1CNC1. The minimum absolute atomic E-state index is 0.00957. The van der Waals surface area contributed by atoms with Gasteiger partial charge in [0.05, 0.1) is 0 Å². The summed E-state index contributed by atoms with van der Waals surface area (Å²) in [7, 11) is 0. The van der Waals surface area contributed by atoms with Crippen LogP contribution in [0.3, 0.4) is 0 Å². The van der Waals surface area contributed by atoms with Gasteiger partial charge in [-0.05, 0) is 55.6 Å². The van der Waals surface area contributed by atoms with Gasteiger partial charge in [0.2, 0.25) is 5.91 Å². The fourth-order valence-corrected chi connectivity index (χ4v) is 2.47. The number of rotatable bonds is 6. The highest BCUT2D eigenvalue weighted by Crippen LogP contribution is 2.21. The first-order chi connectivity index (χ1) is 10.9. The topological polar surface area (TPSA) is 70.2 Å². The number of nitrogens with one attached hydrogen (secondary N) is 3. The molecule has 1 heterocycles. The number of aryl methyl sites for hydroxylation is 1. The van der Waals surface area contributed by atoms with E-state index in [2.05, 4.69) is 29.8 Å². The molecular weight excluding hydrogens is 290 g/mol. The molecule has 0 spiro atoms. The quantitative estimate of drug-likeness (QED) is 0.753. The third-order valence-electron chi connectivity index (χ3n) is 4.35. The molecule has 1 unspecified atom stereocenters. The van der Waals surface area contributed by atoms with Crippen molar-refractivity contribution in [1.29, 1.82) is 0 Å². The molecule has 23 heavy (non-hydrogen) atoms. The lowest BCUT2D eigenvalue weighted by molar-refractivity contribution is -0.121. The summed E-state index contributed by atoms with van der Waals surface area (Å²) in [6.07, 6.45) is 0. The highest BCUT2D eigenvalue weighted by atomic mass is 16.2. The van der Waals surface area contributed by atoms with Crippen molar-refractivity contribution in [2.24, 2.45) is 17.8 Å². The van der Waals surface area contributed by atoms with Crippen LogP contribution >= 0.6 is 0 Å². The molecule has 0 aliphatic carbocycles. The largest absolute Gasteiger partial charge is 0.352 e. The minimum atomic E-state index is -0.0754. The van der Waals surface area contributed by atoms with Crippen LogP contribution in [0.15, 0.2) is 18.2 Å². The molecule has 3 N–H and O–H groups in total. The van der Waals surface area contributed by atoms with Crippen molar-refractivity contribution in [2.75, 3.05) is 25.0 Å². The average Bonchev–Trinajstić information content (AvgIpc) is 2.44. The fourth-order valence-electron chi connectivity index (χ4n) is 2.47. The van der Waals surface area contributed by atoms with Crippen molar-refractivity contribution in [3.05, 3.63) is 29.3 Å². The van der Waals surface area contributed by atoms with E-state index in [1.54, 1.807) is 6.07 Å². The first-order valence-corrected chi connectivity index (χ1v) is 8.29. The summed E-state index contributed by atoms with van der Waals surface area (Å²) >= 11 is 0. The van der Waals surface area contributed by atoms with Gasteiger partial charge in [0.25, 0.3) is 5.91 Å². The number of carbonyl (C=O) groups is 2. The number of hydrogen-bond acceptors (Lipinski definition) is 3. The Hall–Kier alpha value is -1.88. The second kappa shape index (κ2) is 7.59. The molecule has 2 amide bonds. The smallest absolute Gasteiger partial charge is 0.251 e. The van der Waals surface area contributed by atoms with Crippen molar-refractivity contribution in [2.45, 2.75) is 27.7 Å². The van der Waals surface area contributed by atoms with Crippen LogP contribution < -0.4 is 16.0 Å². The molecule has 126 valence electrons. The zero-order valence-corrected chi connectivity index (χ0v) is 14.4. The summed E-state index contributed by atoms with van der Waals surface area (Å²) in [4.78, 5) is 24.4. The highest BCUT2D eigenvalue weighted by molar-refractivity contribution is 5.97. The maximum atomic E-state index is 12.3. The van der Waals surface area contributed by atoms with Crippen molar-refractivity contribution < 1.29 is 9.59 Å². The zero-order chi connectivity index (χ0) is 17.0. The Morgan fingerprint density at radius 3 is 2.48 bits per heavy atom. The Kier molecular flexibility index (Phi) is 5.77. The van der Waals surface area contributed by atoms with Crippen molar-refractivity contribution in [3.63, 3.8) is 0 Å². The summed E-state index contributed by atoms with van der Waals surface area (Å²) < 4.78 is 0. The van der Waals surface area contributed by atoms with E-state index in [0.29, 0.717) is 23.9 Å². The van der Waals surface area contributed by atoms with Gasteiger partial charge in [0.1, 0.15) is 0 Å². The molecule has 0 saturated carbocycles. The molecule has 0 bridgehead atoms. The van der Waals surface area contributed by atoms with E-state index in [9.17, 15) is 9.59 Å². The first kappa shape index (κ1) is 17.5. The Bertz CT molecular complexity index is 580. The lowest BCUT2D eigenvalue weighted by Crippen LogP contribution is -2.48. The van der Waals surface area contributed by atoms with Crippen LogP contribution in [0.25, 0.3) is 0 Å². The lowest BCUT2D eigenvalue weighted by Gasteiger charge is -2.31. The third kappa shape index (κ3) is 4.55. The van der Waals surface area contributed by atoms with Crippen LogP contribution in [-0.4, -0.2) is 31.4 Å². The van der Waals surface area contributed by atoms with Gasteiger partial charge in [-0.2, -0.15) is 0 Å². The maximum Gasteiger partial charge on any atom is 0.251 e.